The van der Waals surface area contributed by atoms with Gasteiger partial charge in [-0.15, -0.1) is 6.58 Å². The number of hydrogen-bond acceptors (Lipinski definition) is 5. The second kappa shape index (κ2) is 23.0. The highest BCUT2D eigenvalue weighted by atomic mass is 32.2. The van der Waals surface area contributed by atoms with Gasteiger partial charge in [0.25, 0.3) is 0 Å². The topological polar surface area (TPSA) is 74.8 Å². The van der Waals surface area contributed by atoms with Gasteiger partial charge < -0.3 is 14.5 Å². The molecule has 0 rings (SSSR count). The maximum Gasteiger partial charge on any atom is 0.235 e. The van der Waals surface area contributed by atoms with Crippen molar-refractivity contribution in [2.24, 2.45) is 0 Å². The Morgan fingerprint density at radius 3 is 1.48 bits per heavy atom. The fourth-order valence-electron chi connectivity index (χ4n) is 1.37. The summed E-state index contributed by atoms with van der Waals surface area (Å²) in [5, 5.41) is 0.999. The van der Waals surface area contributed by atoms with Gasteiger partial charge in [-0.25, -0.2) is 12.7 Å². The van der Waals surface area contributed by atoms with Crippen LogP contribution in [0.4, 0.5) is 0 Å². The van der Waals surface area contributed by atoms with Crippen molar-refractivity contribution in [3.05, 3.63) is 24.6 Å². The number of carbonyl (C=O) groups excluding carboxylic acids is 2. The molecule has 0 unspecified atom stereocenters. The molecule has 0 atom stereocenters. The summed E-state index contributed by atoms with van der Waals surface area (Å²) in [4.78, 5) is 18.2. The van der Waals surface area contributed by atoms with Crippen molar-refractivity contribution in [2.45, 2.75) is 32.6 Å². The highest BCUT2D eigenvalue weighted by molar-refractivity contribution is 7.91. The van der Waals surface area contributed by atoms with Crippen molar-refractivity contribution in [3.63, 3.8) is 0 Å². The molecule has 0 saturated heterocycles. The van der Waals surface area contributed by atoms with E-state index in [2.05, 4.69) is 32.2 Å². The van der Waals surface area contributed by atoms with Crippen molar-refractivity contribution in [3.8, 4) is 0 Å². The lowest BCUT2D eigenvalue weighted by Crippen LogP contribution is -2.25. The molecule has 0 N–H and O–H groups in total. The average molecular weight is 351 g/mol. The van der Waals surface area contributed by atoms with Gasteiger partial charge in [-0.05, 0) is 40.4 Å². The maximum absolute atomic E-state index is 11.3. The monoisotopic (exact) mass is 350 g/mol. The molecule has 0 aliphatic rings. The lowest BCUT2D eigenvalue weighted by molar-refractivity contribution is -0.0987. The molecule has 7 heteroatoms. The number of unbranched alkanes of at least 4 members (excludes halogenated alkanes) is 3. The third-order valence-electron chi connectivity index (χ3n) is 2.47. The van der Waals surface area contributed by atoms with Crippen LogP contribution in [0.1, 0.15) is 32.6 Å². The van der Waals surface area contributed by atoms with E-state index < -0.39 is 10.0 Å². The molecule has 0 aromatic carbocycles. The molecule has 0 amide bonds. The lowest BCUT2D eigenvalue weighted by atomic mass is 10.2. The molecule has 0 saturated carbocycles. The number of hydrogen-bond donors (Lipinski definition) is 0. The summed E-state index contributed by atoms with van der Waals surface area (Å²) in [5.41, 5.74) is 0. The smallest absolute Gasteiger partial charge is 0.235 e. The zero-order valence-electron chi connectivity index (χ0n) is 15.2. The van der Waals surface area contributed by atoms with Crippen LogP contribution in [0.5, 0.6) is 0 Å². The first-order chi connectivity index (χ1) is 10.8. The van der Waals surface area contributed by atoms with Crippen molar-refractivity contribution >= 4 is 23.6 Å². The normalized spacial score (nSPS) is 9.48. The molecule has 0 bridgehead atoms. The van der Waals surface area contributed by atoms with E-state index in [0.29, 0.717) is 6.54 Å². The highest BCUT2D eigenvalue weighted by Crippen LogP contribution is 2.05. The highest BCUT2D eigenvalue weighted by Gasteiger charge is 2.11. The minimum Gasteiger partial charge on any atom is -0.309 e. The zero-order chi connectivity index (χ0) is 19.3. The maximum atomic E-state index is 11.3. The fourth-order valence-corrected chi connectivity index (χ4v) is 2.01. The molecule has 0 spiro atoms. The van der Waals surface area contributed by atoms with Gasteiger partial charge in [0.1, 0.15) is 13.6 Å². The zero-order valence-corrected chi connectivity index (χ0v) is 16.0. The van der Waals surface area contributed by atoms with Crippen LogP contribution in [-0.2, 0) is 19.6 Å². The van der Waals surface area contributed by atoms with Crippen LogP contribution >= 0.6 is 0 Å². The summed E-state index contributed by atoms with van der Waals surface area (Å²) in [6, 6.07) is 0. The van der Waals surface area contributed by atoms with Gasteiger partial charge in [-0.2, -0.15) is 0 Å². The van der Waals surface area contributed by atoms with E-state index >= 15 is 0 Å². The lowest BCUT2D eigenvalue weighted by Gasteiger charge is -2.14. The summed E-state index contributed by atoms with van der Waals surface area (Å²) >= 11 is 0. The molecule has 0 radical (unpaired) electrons. The summed E-state index contributed by atoms with van der Waals surface area (Å²) < 4.78 is 24.0. The fraction of sp³-hybridized carbons (Fsp3) is 0.625. The predicted molar refractivity (Wildman–Crippen MR) is 98.9 cm³/mol. The van der Waals surface area contributed by atoms with E-state index in [0.717, 1.165) is 31.2 Å². The Kier molecular flexibility index (Phi) is 29.6. The van der Waals surface area contributed by atoms with Crippen LogP contribution in [0.15, 0.2) is 24.6 Å². The number of sulfonamides is 1. The molecule has 0 heterocycles. The van der Waals surface area contributed by atoms with Gasteiger partial charge in [0.2, 0.25) is 10.0 Å². The Hall–Kier alpha value is -1.31. The molecule has 23 heavy (non-hydrogen) atoms. The van der Waals surface area contributed by atoms with E-state index in [1.165, 1.54) is 10.7 Å². The van der Waals surface area contributed by atoms with E-state index in [9.17, 15) is 8.42 Å². The van der Waals surface area contributed by atoms with Crippen molar-refractivity contribution in [1.82, 2.24) is 9.21 Å². The summed E-state index contributed by atoms with van der Waals surface area (Å²) in [6.45, 7) is 14.2. The Morgan fingerprint density at radius 2 is 1.17 bits per heavy atom. The standard InChI is InChI=1S/C11H24N2O2S.C3H6.2CH2O/c1-5-16(14,15)13(4)11-9-7-6-8-10-12(2)3;1-3-2;2*1-2/h5H,1,6-11H2,2-4H3;3H,1H2,2H3;2*1H2. The van der Waals surface area contributed by atoms with Crippen LogP contribution in [0.2, 0.25) is 0 Å². The third-order valence-corrected chi connectivity index (χ3v) is 3.95. The van der Waals surface area contributed by atoms with Crippen LogP contribution in [0.25, 0.3) is 0 Å². The Balaban J connectivity index is -0.000000222. The van der Waals surface area contributed by atoms with E-state index in [4.69, 9.17) is 9.59 Å². The molecule has 138 valence electrons. The van der Waals surface area contributed by atoms with Crippen LogP contribution in [0, 0.1) is 0 Å². The van der Waals surface area contributed by atoms with Crippen LogP contribution < -0.4 is 0 Å². The van der Waals surface area contributed by atoms with Crippen molar-refractivity contribution < 1.29 is 18.0 Å². The third kappa shape index (κ3) is 25.9. The molecule has 0 aliphatic carbocycles. The first kappa shape index (κ1) is 29.7. The molecular weight excluding hydrogens is 316 g/mol. The van der Waals surface area contributed by atoms with Crippen molar-refractivity contribution in [2.75, 3.05) is 34.2 Å². The predicted octanol–water partition coefficient (Wildman–Crippen LogP) is 2.34. The first-order valence-electron chi connectivity index (χ1n) is 7.20. The van der Waals surface area contributed by atoms with Gasteiger partial charge in [-0.1, -0.05) is 25.5 Å². The van der Waals surface area contributed by atoms with Crippen molar-refractivity contribution in [1.29, 1.82) is 0 Å². The number of rotatable bonds is 9. The quantitative estimate of drug-likeness (QED) is 0.471. The molecule has 0 fully saturated rings. The Morgan fingerprint density at radius 1 is 0.826 bits per heavy atom. The average Bonchev–Trinajstić information content (AvgIpc) is 2.54. The molecule has 6 nitrogen and oxygen atoms in total. The minimum atomic E-state index is -3.22. The number of carbonyl (C=O) groups is 2. The largest absolute Gasteiger partial charge is 0.309 e. The minimum absolute atomic E-state index is 0.580. The van der Waals surface area contributed by atoms with E-state index in [1.54, 1.807) is 13.1 Å². The van der Waals surface area contributed by atoms with Gasteiger partial charge in [0, 0.05) is 19.0 Å². The molecule has 0 aromatic heterocycles. The summed E-state index contributed by atoms with van der Waals surface area (Å²) in [6.07, 6.45) is 6.06. The molecule has 0 aromatic rings. The Labute approximate surface area is 142 Å². The summed E-state index contributed by atoms with van der Waals surface area (Å²) in [5.74, 6) is 0. The van der Waals surface area contributed by atoms with Gasteiger partial charge >= 0.3 is 0 Å². The number of nitrogens with zero attached hydrogens (tertiary/aromatic N) is 2. The van der Waals surface area contributed by atoms with Crippen LogP contribution in [0.3, 0.4) is 0 Å². The number of allylic oxidation sites excluding steroid dienone is 1. The first-order valence-corrected chi connectivity index (χ1v) is 8.70. The van der Waals surface area contributed by atoms with Gasteiger partial charge in [-0.3, -0.25) is 0 Å². The summed E-state index contributed by atoms with van der Waals surface area (Å²) in [7, 11) is 2.50. The Bertz CT molecular complexity index is 355. The van der Waals surface area contributed by atoms with Gasteiger partial charge in [0.05, 0.1) is 0 Å². The van der Waals surface area contributed by atoms with Crippen LogP contribution in [-0.4, -0.2) is 65.4 Å². The second-order valence-electron chi connectivity index (χ2n) is 4.66. The SMILES string of the molecule is C=CC.C=CS(=O)(=O)N(C)CCCCCCN(C)C.C=O.C=O. The second-order valence-corrected chi connectivity index (χ2v) is 6.65. The molecular formula is C16H34N2O4S. The van der Waals surface area contributed by atoms with Gasteiger partial charge in [0.15, 0.2) is 0 Å². The van der Waals surface area contributed by atoms with E-state index in [-0.39, 0.29) is 0 Å². The van der Waals surface area contributed by atoms with E-state index in [1.807, 2.05) is 20.5 Å². The molecule has 0 aliphatic heterocycles.